The molecule has 0 bridgehead atoms. The molecule has 0 saturated carbocycles. The number of nitrogens with one attached hydrogen (secondary N) is 1. The largest absolute Gasteiger partial charge is 0.479 e. The lowest BCUT2D eigenvalue weighted by Crippen LogP contribution is -2.47. The highest BCUT2D eigenvalue weighted by Crippen LogP contribution is 2.45. The molecule has 1 aromatic heterocycles. The van der Waals surface area contributed by atoms with E-state index in [1.807, 2.05) is 24.3 Å². The number of carbonyl (C=O) groups is 1. The first-order chi connectivity index (χ1) is 11.6. The number of ether oxygens (including phenoxy) is 2. The molecule has 2 aliphatic rings. The van der Waals surface area contributed by atoms with Crippen LogP contribution < -0.4 is 15.8 Å². The summed E-state index contributed by atoms with van der Waals surface area (Å²) in [5.74, 6) is 1.21. The van der Waals surface area contributed by atoms with Crippen LogP contribution in [0.4, 0.5) is 5.82 Å². The zero-order chi connectivity index (χ0) is 16.7. The van der Waals surface area contributed by atoms with Gasteiger partial charge >= 0.3 is 5.97 Å². The Kier molecular flexibility index (Phi) is 3.49. The van der Waals surface area contributed by atoms with Crippen molar-refractivity contribution in [3.63, 3.8) is 0 Å². The minimum atomic E-state index is -0.351. The lowest BCUT2D eigenvalue weighted by Gasteiger charge is -2.42. The predicted octanol–water partition coefficient (Wildman–Crippen LogP) is 2.09. The van der Waals surface area contributed by atoms with Crippen LogP contribution in [0.2, 0.25) is 0 Å². The van der Waals surface area contributed by atoms with Crippen molar-refractivity contribution in [1.82, 2.24) is 9.88 Å². The van der Waals surface area contributed by atoms with Gasteiger partial charge in [0.2, 0.25) is 0 Å². The number of nitrogens with zero attached hydrogens (tertiary/aromatic N) is 1. The molecule has 0 amide bonds. The molecule has 1 spiro atoms. The SMILES string of the molecule is CC(=O)OCc1ccc2c(c1)OC1(CCNCC1)c1ccc(N)n1-2. The van der Waals surface area contributed by atoms with Crippen molar-refractivity contribution in [2.45, 2.75) is 32.0 Å². The molecule has 1 saturated heterocycles. The second kappa shape index (κ2) is 5.56. The fourth-order valence-electron chi connectivity index (χ4n) is 3.63. The smallest absolute Gasteiger partial charge is 0.302 e. The van der Waals surface area contributed by atoms with Crippen molar-refractivity contribution in [2.24, 2.45) is 0 Å². The summed E-state index contributed by atoms with van der Waals surface area (Å²) in [4.78, 5) is 11.0. The Labute approximate surface area is 140 Å². The van der Waals surface area contributed by atoms with E-state index in [1.54, 1.807) is 0 Å². The molecule has 4 rings (SSSR count). The molecular formula is C18H21N3O3. The Morgan fingerprint density at radius 3 is 2.88 bits per heavy atom. The van der Waals surface area contributed by atoms with E-state index < -0.39 is 0 Å². The third-order valence-electron chi connectivity index (χ3n) is 4.80. The van der Waals surface area contributed by atoms with Gasteiger partial charge in [0.25, 0.3) is 0 Å². The fourth-order valence-corrected chi connectivity index (χ4v) is 3.63. The van der Waals surface area contributed by atoms with Gasteiger partial charge in [-0.25, -0.2) is 0 Å². The molecule has 0 radical (unpaired) electrons. The van der Waals surface area contributed by atoms with Crippen molar-refractivity contribution >= 4 is 11.8 Å². The average molecular weight is 327 g/mol. The minimum Gasteiger partial charge on any atom is -0.479 e. The van der Waals surface area contributed by atoms with Gasteiger partial charge in [-0.2, -0.15) is 0 Å². The van der Waals surface area contributed by atoms with Gasteiger partial charge in [-0.05, 0) is 42.9 Å². The number of esters is 1. The molecule has 6 nitrogen and oxygen atoms in total. The van der Waals surface area contributed by atoms with Crippen LogP contribution in [0.1, 0.15) is 31.0 Å². The maximum Gasteiger partial charge on any atom is 0.302 e. The van der Waals surface area contributed by atoms with E-state index >= 15 is 0 Å². The third-order valence-corrected chi connectivity index (χ3v) is 4.80. The van der Waals surface area contributed by atoms with Gasteiger partial charge in [0.1, 0.15) is 18.2 Å². The van der Waals surface area contributed by atoms with Crippen LogP contribution in [0, 0.1) is 0 Å². The molecule has 2 aliphatic heterocycles. The van der Waals surface area contributed by atoms with Crippen LogP contribution in [0.3, 0.4) is 0 Å². The van der Waals surface area contributed by atoms with Gasteiger partial charge in [0.05, 0.1) is 11.4 Å². The van der Waals surface area contributed by atoms with Crippen molar-refractivity contribution in [1.29, 1.82) is 0 Å². The highest BCUT2D eigenvalue weighted by Gasteiger charge is 2.43. The topological polar surface area (TPSA) is 78.5 Å². The Morgan fingerprint density at radius 1 is 1.33 bits per heavy atom. The van der Waals surface area contributed by atoms with Crippen molar-refractivity contribution in [3.8, 4) is 11.4 Å². The Morgan fingerprint density at radius 2 is 2.12 bits per heavy atom. The normalized spacial score (nSPS) is 17.7. The van der Waals surface area contributed by atoms with E-state index in [9.17, 15) is 4.79 Å². The molecular weight excluding hydrogens is 306 g/mol. The molecule has 126 valence electrons. The van der Waals surface area contributed by atoms with Gasteiger partial charge in [0, 0.05) is 19.8 Å². The summed E-state index contributed by atoms with van der Waals surface area (Å²) in [5, 5.41) is 3.38. The van der Waals surface area contributed by atoms with Crippen molar-refractivity contribution < 1.29 is 14.3 Å². The number of benzene rings is 1. The maximum absolute atomic E-state index is 11.0. The number of anilines is 1. The molecule has 24 heavy (non-hydrogen) atoms. The minimum absolute atomic E-state index is 0.245. The number of nitrogen functional groups attached to an aromatic ring is 1. The maximum atomic E-state index is 11.0. The van der Waals surface area contributed by atoms with Gasteiger partial charge < -0.3 is 20.5 Å². The molecule has 3 N–H and O–H groups in total. The fraction of sp³-hybridized carbons (Fsp3) is 0.389. The quantitative estimate of drug-likeness (QED) is 0.826. The van der Waals surface area contributed by atoms with Crippen molar-refractivity contribution in [2.75, 3.05) is 18.8 Å². The Bertz CT molecular complexity index is 791. The third kappa shape index (κ3) is 2.34. The average Bonchev–Trinajstić information content (AvgIpc) is 2.97. The van der Waals surface area contributed by atoms with Crippen LogP contribution in [-0.2, 0) is 21.7 Å². The van der Waals surface area contributed by atoms with E-state index in [2.05, 4.69) is 16.0 Å². The van der Waals surface area contributed by atoms with Crippen LogP contribution in [0.15, 0.2) is 30.3 Å². The zero-order valence-electron chi connectivity index (χ0n) is 13.7. The van der Waals surface area contributed by atoms with Crippen LogP contribution in [0.5, 0.6) is 5.75 Å². The van der Waals surface area contributed by atoms with E-state index in [0.29, 0.717) is 5.82 Å². The summed E-state index contributed by atoms with van der Waals surface area (Å²) in [7, 11) is 0. The Balaban J connectivity index is 1.78. The number of fused-ring (bicyclic) bond motifs is 4. The number of hydrogen-bond acceptors (Lipinski definition) is 5. The first kappa shape index (κ1) is 15.1. The van der Waals surface area contributed by atoms with Gasteiger partial charge in [-0.3, -0.25) is 9.36 Å². The number of carbonyl (C=O) groups excluding carboxylic acids is 1. The molecule has 2 aromatic rings. The summed E-state index contributed by atoms with van der Waals surface area (Å²) in [6.45, 7) is 3.47. The van der Waals surface area contributed by atoms with Crippen LogP contribution in [0.25, 0.3) is 5.69 Å². The zero-order valence-corrected chi connectivity index (χ0v) is 13.7. The number of piperidine rings is 1. The number of nitrogens with two attached hydrogens (primary N) is 1. The number of hydrogen-bond donors (Lipinski definition) is 2. The molecule has 0 unspecified atom stereocenters. The molecule has 6 heteroatoms. The summed E-state index contributed by atoms with van der Waals surface area (Å²) >= 11 is 0. The first-order valence-electron chi connectivity index (χ1n) is 8.23. The number of rotatable bonds is 2. The lowest BCUT2D eigenvalue weighted by atomic mass is 9.87. The van der Waals surface area contributed by atoms with Gasteiger partial charge in [-0.15, -0.1) is 0 Å². The predicted molar refractivity (Wildman–Crippen MR) is 90.1 cm³/mol. The van der Waals surface area contributed by atoms with Gasteiger partial charge in [-0.1, -0.05) is 6.07 Å². The van der Waals surface area contributed by atoms with E-state index in [4.69, 9.17) is 15.2 Å². The Hall–Kier alpha value is -2.47. The second-order valence-corrected chi connectivity index (χ2v) is 6.41. The second-order valence-electron chi connectivity index (χ2n) is 6.41. The monoisotopic (exact) mass is 327 g/mol. The molecule has 3 heterocycles. The van der Waals surface area contributed by atoms with E-state index in [-0.39, 0.29) is 18.2 Å². The number of aromatic nitrogens is 1. The summed E-state index contributed by atoms with van der Waals surface area (Å²) in [6, 6.07) is 9.86. The first-order valence-corrected chi connectivity index (χ1v) is 8.23. The highest BCUT2D eigenvalue weighted by atomic mass is 16.5. The molecule has 0 aliphatic carbocycles. The molecule has 0 atom stereocenters. The van der Waals surface area contributed by atoms with Crippen LogP contribution >= 0.6 is 0 Å². The lowest BCUT2D eigenvalue weighted by molar-refractivity contribution is -0.142. The molecule has 1 fully saturated rings. The van der Waals surface area contributed by atoms with Crippen molar-refractivity contribution in [3.05, 3.63) is 41.6 Å². The summed E-state index contributed by atoms with van der Waals surface area (Å²) in [5.41, 5.74) is 8.82. The highest BCUT2D eigenvalue weighted by molar-refractivity contribution is 5.66. The van der Waals surface area contributed by atoms with Gasteiger partial charge in [0.15, 0.2) is 5.60 Å². The summed E-state index contributed by atoms with van der Waals surface area (Å²) in [6.07, 6.45) is 1.79. The van der Waals surface area contributed by atoms with E-state index in [0.717, 1.165) is 48.6 Å². The van der Waals surface area contributed by atoms with E-state index in [1.165, 1.54) is 6.92 Å². The summed E-state index contributed by atoms with van der Waals surface area (Å²) < 4.78 is 13.7. The van der Waals surface area contributed by atoms with Crippen LogP contribution in [-0.4, -0.2) is 23.6 Å². The molecule has 1 aromatic carbocycles. The standard InChI is InChI=1S/C18H21N3O3/c1-12(22)23-11-13-2-3-14-15(10-13)24-18(6-8-20-9-7-18)16-4-5-17(19)21(14)16/h2-5,10,20H,6-9,11,19H2,1H3.